The second-order valence-electron chi connectivity index (χ2n) is 4.71. The summed E-state index contributed by atoms with van der Waals surface area (Å²) >= 11 is 0. The summed E-state index contributed by atoms with van der Waals surface area (Å²) in [5.41, 5.74) is 0.175. The number of ether oxygens (including phenoxy) is 1. The third-order valence-corrected chi connectivity index (χ3v) is 3.13. The van der Waals surface area contributed by atoms with E-state index in [1.165, 1.54) is 6.07 Å². The van der Waals surface area contributed by atoms with Gasteiger partial charge in [0, 0.05) is 12.1 Å². The second-order valence-corrected chi connectivity index (χ2v) is 4.71. The van der Waals surface area contributed by atoms with E-state index in [4.69, 9.17) is 4.74 Å². The summed E-state index contributed by atoms with van der Waals surface area (Å²) in [6.45, 7) is 4.59. The predicted molar refractivity (Wildman–Crippen MR) is 82.4 cm³/mol. The molecule has 0 aliphatic heterocycles. The third kappa shape index (κ3) is 3.16. The van der Waals surface area contributed by atoms with Crippen LogP contribution in [0.25, 0.3) is 11.3 Å². The summed E-state index contributed by atoms with van der Waals surface area (Å²) in [4.78, 5) is 23.2. The molecule has 0 aliphatic rings. The maximum absolute atomic E-state index is 12.0. The van der Waals surface area contributed by atoms with E-state index in [1.54, 1.807) is 19.1 Å². The molecular weight excluding hydrogens is 284 g/mol. The number of aryl methyl sites for hydroxylation is 1. The summed E-state index contributed by atoms with van der Waals surface area (Å²) in [7, 11) is 0. The summed E-state index contributed by atoms with van der Waals surface area (Å²) in [6, 6.07) is 8.54. The zero-order valence-corrected chi connectivity index (χ0v) is 12.6. The van der Waals surface area contributed by atoms with Crippen LogP contribution < -0.4 is 10.3 Å². The second kappa shape index (κ2) is 6.89. The molecule has 0 spiro atoms. The fourth-order valence-electron chi connectivity index (χ4n) is 2.06. The molecule has 2 rings (SSSR count). The topological polar surface area (TPSA) is 81.4 Å². The molecule has 1 heterocycles. The van der Waals surface area contributed by atoms with E-state index >= 15 is 0 Å². The number of aromatic carboxylic acids is 1. The smallest absolute Gasteiger partial charge is 0.341 e. The minimum Gasteiger partial charge on any atom is -0.493 e. The van der Waals surface area contributed by atoms with Crippen molar-refractivity contribution in [2.24, 2.45) is 0 Å². The third-order valence-electron chi connectivity index (χ3n) is 3.13. The number of hydrogen-bond donors (Lipinski definition) is 1. The molecule has 0 radical (unpaired) electrons. The van der Waals surface area contributed by atoms with Crippen LogP contribution in [-0.4, -0.2) is 27.5 Å². The minimum absolute atomic E-state index is 0.294. The molecule has 1 N–H and O–H groups in total. The van der Waals surface area contributed by atoms with Crippen molar-refractivity contribution >= 4 is 5.97 Å². The van der Waals surface area contributed by atoms with Crippen LogP contribution >= 0.6 is 0 Å². The van der Waals surface area contributed by atoms with E-state index in [0.29, 0.717) is 30.2 Å². The van der Waals surface area contributed by atoms with E-state index in [9.17, 15) is 14.7 Å². The lowest BCUT2D eigenvalue weighted by Gasteiger charge is -2.12. The number of aromatic nitrogens is 2. The molecule has 6 heteroatoms. The van der Waals surface area contributed by atoms with Crippen LogP contribution in [0, 0.1) is 0 Å². The van der Waals surface area contributed by atoms with Crippen LogP contribution in [0.1, 0.15) is 30.6 Å². The number of carboxylic acid groups (broad SMARTS) is 1. The molecule has 1 aromatic heterocycles. The highest BCUT2D eigenvalue weighted by Gasteiger charge is 2.16. The minimum atomic E-state index is -1.26. The zero-order valence-electron chi connectivity index (χ0n) is 12.6. The molecule has 1 aromatic carbocycles. The van der Waals surface area contributed by atoms with Crippen LogP contribution in [0.4, 0.5) is 0 Å². The van der Waals surface area contributed by atoms with E-state index in [0.717, 1.165) is 11.1 Å². The first kappa shape index (κ1) is 15.8. The van der Waals surface area contributed by atoms with Gasteiger partial charge >= 0.3 is 5.97 Å². The van der Waals surface area contributed by atoms with Crippen LogP contribution in [0.2, 0.25) is 0 Å². The van der Waals surface area contributed by atoms with Crippen LogP contribution in [-0.2, 0) is 6.54 Å². The molecule has 6 nitrogen and oxygen atoms in total. The van der Waals surface area contributed by atoms with E-state index < -0.39 is 11.5 Å². The Balaban J connectivity index is 2.60. The first-order valence-electron chi connectivity index (χ1n) is 7.16. The fraction of sp³-hybridized carbons (Fsp3) is 0.312. The number of carboxylic acids is 1. The van der Waals surface area contributed by atoms with Gasteiger partial charge in [0.15, 0.2) is 0 Å². The molecule has 0 fully saturated rings. The molecule has 0 saturated carbocycles. The molecule has 2 aromatic rings. The van der Waals surface area contributed by atoms with E-state index in [-0.39, 0.29) is 5.56 Å². The van der Waals surface area contributed by atoms with Crippen LogP contribution in [0.15, 0.2) is 35.1 Å². The van der Waals surface area contributed by atoms with Gasteiger partial charge in [-0.2, -0.15) is 5.10 Å². The van der Waals surface area contributed by atoms with Gasteiger partial charge in [-0.15, -0.1) is 0 Å². The Morgan fingerprint density at radius 3 is 2.68 bits per heavy atom. The van der Waals surface area contributed by atoms with Gasteiger partial charge in [0.05, 0.1) is 12.3 Å². The number of benzene rings is 1. The number of rotatable bonds is 6. The molecule has 116 valence electrons. The van der Waals surface area contributed by atoms with Crippen molar-refractivity contribution < 1.29 is 14.6 Å². The molecule has 0 aliphatic carbocycles. The largest absolute Gasteiger partial charge is 0.493 e. The average molecular weight is 302 g/mol. The average Bonchev–Trinajstić information content (AvgIpc) is 2.53. The van der Waals surface area contributed by atoms with E-state index in [1.807, 2.05) is 19.1 Å². The normalized spacial score (nSPS) is 10.5. The highest BCUT2D eigenvalue weighted by molar-refractivity contribution is 5.88. The summed E-state index contributed by atoms with van der Waals surface area (Å²) in [5, 5.41) is 13.4. The Bertz CT molecular complexity index is 737. The SMILES string of the molecule is CCCOc1ccccc1-c1cc(C(=O)O)c(=O)n(CC)n1. The first-order valence-corrected chi connectivity index (χ1v) is 7.16. The maximum atomic E-state index is 12.0. The molecule has 0 unspecified atom stereocenters. The van der Waals surface area contributed by atoms with Crippen molar-refractivity contribution in [1.82, 2.24) is 9.78 Å². The molecule has 0 bridgehead atoms. The lowest BCUT2D eigenvalue weighted by Crippen LogP contribution is -2.28. The summed E-state index contributed by atoms with van der Waals surface area (Å²) < 4.78 is 6.82. The van der Waals surface area contributed by atoms with Gasteiger partial charge < -0.3 is 9.84 Å². The lowest BCUT2D eigenvalue weighted by molar-refractivity contribution is 0.0693. The van der Waals surface area contributed by atoms with Crippen molar-refractivity contribution in [2.75, 3.05) is 6.61 Å². The predicted octanol–water partition coefficient (Wildman–Crippen LogP) is 2.42. The first-order chi connectivity index (χ1) is 10.6. The highest BCUT2D eigenvalue weighted by atomic mass is 16.5. The Hall–Kier alpha value is -2.63. The molecule has 22 heavy (non-hydrogen) atoms. The Morgan fingerprint density at radius 1 is 1.32 bits per heavy atom. The Morgan fingerprint density at radius 2 is 2.05 bits per heavy atom. The summed E-state index contributed by atoms with van der Waals surface area (Å²) in [5.74, 6) is -0.641. The molecule has 0 atom stereocenters. The number of nitrogens with zero attached hydrogens (tertiary/aromatic N) is 2. The number of para-hydroxylation sites is 1. The van der Waals surface area contributed by atoms with Crippen molar-refractivity contribution in [3.05, 3.63) is 46.2 Å². The van der Waals surface area contributed by atoms with Crippen molar-refractivity contribution in [3.63, 3.8) is 0 Å². The van der Waals surface area contributed by atoms with Gasteiger partial charge in [-0.25, -0.2) is 9.48 Å². The Kier molecular flexibility index (Phi) is 4.93. The van der Waals surface area contributed by atoms with Crippen molar-refractivity contribution in [2.45, 2.75) is 26.8 Å². The highest BCUT2D eigenvalue weighted by Crippen LogP contribution is 2.28. The lowest BCUT2D eigenvalue weighted by atomic mass is 10.1. The quantitative estimate of drug-likeness (QED) is 0.886. The van der Waals surface area contributed by atoms with E-state index in [2.05, 4.69) is 5.10 Å². The van der Waals surface area contributed by atoms with Gasteiger partial charge in [-0.05, 0) is 31.5 Å². The molecular formula is C16H18N2O4. The van der Waals surface area contributed by atoms with Crippen molar-refractivity contribution in [3.8, 4) is 17.0 Å². The number of carbonyl (C=O) groups is 1. The van der Waals surface area contributed by atoms with Crippen LogP contribution in [0.5, 0.6) is 5.75 Å². The standard InChI is InChI=1S/C16H18N2O4/c1-3-9-22-14-8-6-5-7-11(14)13-10-12(16(20)21)15(19)18(4-2)17-13/h5-8,10H,3-4,9H2,1-2H3,(H,20,21). The zero-order chi connectivity index (χ0) is 16.1. The fourth-order valence-corrected chi connectivity index (χ4v) is 2.06. The van der Waals surface area contributed by atoms with Gasteiger partial charge in [0.2, 0.25) is 0 Å². The van der Waals surface area contributed by atoms with Gasteiger partial charge in [0.1, 0.15) is 11.3 Å². The monoisotopic (exact) mass is 302 g/mol. The summed E-state index contributed by atoms with van der Waals surface area (Å²) in [6.07, 6.45) is 0.858. The van der Waals surface area contributed by atoms with Gasteiger partial charge in [-0.1, -0.05) is 19.1 Å². The molecule has 0 amide bonds. The molecule has 0 saturated heterocycles. The van der Waals surface area contributed by atoms with Crippen LogP contribution in [0.3, 0.4) is 0 Å². The van der Waals surface area contributed by atoms with Gasteiger partial charge in [0.25, 0.3) is 5.56 Å². The van der Waals surface area contributed by atoms with Crippen molar-refractivity contribution in [1.29, 1.82) is 0 Å². The maximum Gasteiger partial charge on any atom is 0.341 e. The van der Waals surface area contributed by atoms with Gasteiger partial charge in [-0.3, -0.25) is 4.79 Å². The Labute approximate surface area is 128 Å². The number of hydrogen-bond acceptors (Lipinski definition) is 4.